The van der Waals surface area contributed by atoms with Crippen molar-refractivity contribution in [3.63, 3.8) is 0 Å². The van der Waals surface area contributed by atoms with E-state index in [4.69, 9.17) is 11.6 Å². The summed E-state index contributed by atoms with van der Waals surface area (Å²) in [5.41, 5.74) is 2.17. The van der Waals surface area contributed by atoms with E-state index in [2.05, 4.69) is 31.1 Å². The van der Waals surface area contributed by atoms with Gasteiger partial charge in [-0.05, 0) is 17.7 Å². The van der Waals surface area contributed by atoms with Gasteiger partial charge >= 0.3 is 0 Å². The van der Waals surface area contributed by atoms with Gasteiger partial charge in [0.2, 0.25) is 5.91 Å². The monoisotopic (exact) mass is 336 g/mol. The van der Waals surface area contributed by atoms with Crippen molar-refractivity contribution in [1.82, 2.24) is 4.98 Å². The summed E-state index contributed by atoms with van der Waals surface area (Å²) in [6.45, 7) is 8.25. The highest BCUT2D eigenvalue weighted by Gasteiger charge is 2.23. The van der Waals surface area contributed by atoms with Crippen LogP contribution in [0.4, 0.5) is 5.13 Å². The predicted molar refractivity (Wildman–Crippen MR) is 94.0 cm³/mol. The van der Waals surface area contributed by atoms with Gasteiger partial charge in [-0.1, -0.05) is 51.4 Å². The molecule has 0 aliphatic carbocycles. The molecule has 3 nitrogen and oxygen atoms in total. The smallest absolute Gasteiger partial charge is 0.225 e. The van der Waals surface area contributed by atoms with Crippen LogP contribution in [0, 0.1) is 0 Å². The van der Waals surface area contributed by atoms with Crippen LogP contribution in [0.1, 0.15) is 50.3 Å². The Morgan fingerprint density at radius 3 is 2.45 bits per heavy atom. The van der Waals surface area contributed by atoms with Crippen LogP contribution >= 0.6 is 22.9 Å². The number of nitrogens with one attached hydrogen (secondary N) is 1. The van der Waals surface area contributed by atoms with E-state index in [-0.39, 0.29) is 11.3 Å². The summed E-state index contributed by atoms with van der Waals surface area (Å²) in [7, 11) is 0. The second-order valence-electron chi connectivity index (χ2n) is 6.25. The molecule has 2 aromatic rings. The first-order valence-electron chi connectivity index (χ1n) is 7.34. The number of carbonyl (C=O) groups excluding carboxylic acids is 1. The molecule has 0 aliphatic heterocycles. The van der Waals surface area contributed by atoms with Crippen molar-refractivity contribution in [2.24, 2.45) is 0 Å². The van der Waals surface area contributed by atoms with Gasteiger partial charge in [0.25, 0.3) is 0 Å². The lowest BCUT2D eigenvalue weighted by Gasteiger charge is -2.17. The normalized spacial score (nSPS) is 11.5. The number of aromatic nitrogens is 1. The Morgan fingerprint density at radius 2 is 1.91 bits per heavy atom. The number of halogens is 1. The van der Waals surface area contributed by atoms with Gasteiger partial charge in [0.15, 0.2) is 5.13 Å². The first kappa shape index (κ1) is 17.0. The zero-order valence-electron chi connectivity index (χ0n) is 13.4. The Morgan fingerprint density at radius 1 is 1.27 bits per heavy atom. The molecule has 0 aliphatic rings. The number of nitrogens with zero attached hydrogens (tertiary/aromatic N) is 1. The zero-order chi connectivity index (χ0) is 16.3. The van der Waals surface area contributed by atoms with Crippen molar-refractivity contribution in [2.45, 2.75) is 46.0 Å². The van der Waals surface area contributed by atoms with E-state index in [1.54, 1.807) is 11.3 Å². The Bertz CT molecular complexity index is 656. The molecule has 1 N–H and O–H groups in total. The van der Waals surface area contributed by atoms with E-state index in [1.807, 2.05) is 31.2 Å². The number of thiazole rings is 1. The highest BCUT2D eigenvalue weighted by Crippen LogP contribution is 2.33. The van der Waals surface area contributed by atoms with Crippen LogP contribution in [0.3, 0.4) is 0 Å². The first-order chi connectivity index (χ1) is 10.3. The van der Waals surface area contributed by atoms with E-state index in [0.717, 1.165) is 17.1 Å². The number of benzene rings is 1. The summed E-state index contributed by atoms with van der Waals surface area (Å²) >= 11 is 7.49. The number of hydrogen-bond acceptors (Lipinski definition) is 3. The first-order valence-corrected chi connectivity index (χ1v) is 8.53. The molecule has 5 heteroatoms. The fourth-order valence-corrected chi connectivity index (χ4v) is 3.45. The van der Waals surface area contributed by atoms with Crippen LogP contribution in [0.5, 0.6) is 0 Å². The predicted octanol–water partition coefficient (Wildman–Crippen LogP) is 5.03. The average Bonchev–Trinajstić information content (AvgIpc) is 2.84. The average molecular weight is 337 g/mol. The Kier molecular flexibility index (Phi) is 5.24. The molecule has 118 valence electrons. The van der Waals surface area contributed by atoms with E-state index in [1.165, 1.54) is 10.4 Å². The quantitative estimate of drug-likeness (QED) is 0.850. The molecule has 0 atom stereocenters. The summed E-state index contributed by atoms with van der Waals surface area (Å²) < 4.78 is 0. The standard InChI is InChI=1S/C17H21ClN2OS/c1-5-14(21)19-16-20-15(17(2,3)4)13(22-16)10-11-6-8-12(18)9-7-11/h6-9H,5,10H2,1-4H3,(H,19,20,21). The minimum atomic E-state index is -0.0621. The van der Waals surface area contributed by atoms with Gasteiger partial charge in [0.1, 0.15) is 0 Å². The number of amides is 1. The van der Waals surface area contributed by atoms with Crippen molar-refractivity contribution in [1.29, 1.82) is 0 Å². The maximum atomic E-state index is 11.6. The van der Waals surface area contributed by atoms with Gasteiger partial charge in [0, 0.05) is 28.2 Å². The third-order valence-electron chi connectivity index (χ3n) is 3.25. The SMILES string of the molecule is CCC(=O)Nc1nc(C(C)(C)C)c(Cc2ccc(Cl)cc2)s1. The molecule has 1 aromatic heterocycles. The van der Waals surface area contributed by atoms with Crippen LogP contribution in [0.2, 0.25) is 5.02 Å². The molecule has 0 radical (unpaired) electrons. The van der Waals surface area contributed by atoms with E-state index < -0.39 is 0 Å². The third kappa shape index (κ3) is 4.31. The topological polar surface area (TPSA) is 42.0 Å². The van der Waals surface area contributed by atoms with Gasteiger partial charge in [-0.15, -0.1) is 11.3 Å². The maximum absolute atomic E-state index is 11.6. The van der Waals surface area contributed by atoms with Gasteiger partial charge < -0.3 is 5.32 Å². The summed E-state index contributed by atoms with van der Waals surface area (Å²) in [5.74, 6) is -0.00717. The molecule has 0 bridgehead atoms. The van der Waals surface area contributed by atoms with Crippen LogP contribution in [-0.4, -0.2) is 10.9 Å². The molecule has 22 heavy (non-hydrogen) atoms. The summed E-state index contributed by atoms with van der Waals surface area (Å²) in [4.78, 5) is 17.4. The minimum Gasteiger partial charge on any atom is -0.302 e. The second-order valence-corrected chi connectivity index (χ2v) is 7.77. The van der Waals surface area contributed by atoms with Crippen LogP contribution in [0.25, 0.3) is 0 Å². The van der Waals surface area contributed by atoms with Gasteiger partial charge in [0.05, 0.1) is 5.69 Å². The van der Waals surface area contributed by atoms with Crippen LogP contribution in [-0.2, 0) is 16.6 Å². The molecule has 1 heterocycles. The second kappa shape index (κ2) is 6.80. The van der Waals surface area contributed by atoms with Gasteiger partial charge in [-0.2, -0.15) is 0 Å². The zero-order valence-corrected chi connectivity index (χ0v) is 14.9. The molecule has 0 unspecified atom stereocenters. The van der Waals surface area contributed by atoms with Crippen molar-refractivity contribution in [3.8, 4) is 0 Å². The van der Waals surface area contributed by atoms with Crippen LogP contribution < -0.4 is 5.32 Å². The van der Waals surface area contributed by atoms with Gasteiger partial charge in [-0.25, -0.2) is 4.98 Å². The van der Waals surface area contributed by atoms with E-state index in [0.29, 0.717) is 11.6 Å². The summed E-state index contributed by atoms with van der Waals surface area (Å²) in [6.07, 6.45) is 1.25. The maximum Gasteiger partial charge on any atom is 0.225 e. The number of carbonyl (C=O) groups is 1. The van der Waals surface area contributed by atoms with Crippen molar-refractivity contribution in [3.05, 3.63) is 45.4 Å². The fourth-order valence-electron chi connectivity index (χ4n) is 2.11. The Labute approximate surface area is 140 Å². The highest BCUT2D eigenvalue weighted by molar-refractivity contribution is 7.15. The minimum absolute atomic E-state index is 0.00717. The van der Waals surface area contributed by atoms with Crippen LogP contribution in [0.15, 0.2) is 24.3 Å². The molecule has 1 aromatic carbocycles. The molecule has 1 amide bonds. The molecular formula is C17H21ClN2OS. The highest BCUT2D eigenvalue weighted by atomic mass is 35.5. The Hall–Kier alpha value is -1.39. The summed E-state index contributed by atoms with van der Waals surface area (Å²) in [6, 6.07) is 7.85. The van der Waals surface area contributed by atoms with E-state index in [9.17, 15) is 4.79 Å². The lowest BCUT2D eigenvalue weighted by Crippen LogP contribution is -2.15. The summed E-state index contributed by atoms with van der Waals surface area (Å²) in [5, 5.41) is 4.28. The largest absolute Gasteiger partial charge is 0.302 e. The van der Waals surface area contributed by atoms with Crippen molar-refractivity contribution >= 4 is 34.0 Å². The molecule has 0 saturated carbocycles. The molecule has 0 saturated heterocycles. The number of rotatable bonds is 4. The number of hydrogen-bond donors (Lipinski definition) is 1. The fraction of sp³-hybridized carbons (Fsp3) is 0.412. The molecule has 0 spiro atoms. The van der Waals surface area contributed by atoms with Gasteiger partial charge in [-0.3, -0.25) is 4.79 Å². The molecule has 2 rings (SSSR count). The third-order valence-corrected chi connectivity index (χ3v) is 4.48. The lowest BCUT2D eigenvalue weighted by molar-refractivity contribution is -0.115. The number of anilines is 1. The van der Waals surface area contributed by atoms with Crippen molar-refractivity contribution < 1.29 is 4.79 Å². The van der Waals surface area contributed by atoms with E-state index >= 15 is 0 Å². The molecule has 0 fully saturated rings. The molecular weight excluding hydrogens is 316 g/mol. The lowest BCUT2D eigenvalue weighted by atomic mass is 9.90. The van der Waals surface area contributed by atoms with Crippen molar-refractivity contribution in [2.75, 3.05) is 5.32 Å². The Balaban J connectivity index is 2.31.